The molecule has 70 valence electrons. The second-order valence-corrected chi connectivity index (χ2v) is 7.26. The van der Waals surface area contributed by atoms with Crippen LogP contribution in [-0.4, -0.2) is 26.3 Å². The maximum absolute atomic E-state index is 10.6. The third-order valence-corrected chi connectivity index (χ3v) is 5.10. The number of rotatable bonds is 4. The van der Waals surface area contributed by atoms with Gasteiger partial charge in [0.2, 0.25) is 0 Å². The smallest absolute Gasteiger partial charge is 0.331 e. The highest BCUT2D eigenvalue weighted by molar-refractivity contribution is 14.2. The molecule has 0 bridgehead atoms. The SMILES string of the molecule is COC(=O)COCC(I)=C(I)I. The molecule has 0 fully saturated rings. The van der Waals surface area contributed by atoms with Crippen LogP contribution in [0, 0.1) is 0 Å². The summed E-state index contributed by atoms with van der Waals surface area (Å²) in [4.78, 5) is 10.6. The third-order valence-electron chi connectivity index (χ3n) is 0.881. The maximum Gasteiger partial charge on any atom is 0.331 e. The van der Waals surface area contributed by atoms with Crippen LogP contribution in [0.25, 0.3) is 0 Å². The van der Waals surface area contributed by atoms with Crippen molar-refractivity contribution in [2.45, 2.75) is 0 Å². The molecular weight excluding hydrogens is 501 g/mol. The average Bonchev–Trinajstić information content (AvgIpc) is 2.03. The Bertz CT molecular complexity index is 186. The Hall–Kier alpha value is 1.36. The van der Waals surface area contributed by atoms with Crippen molar-refractivity contribution in [1.29, 1.82) is 0 Å². The largest absolute Gasteiger partial charge is 0.467 e. The van der Waals surface area contributed by atoms with Gasteiger partial charge in [0.05, 0.1) is 15.3 Å². The lowest BCUT2D eigenvalue weighted by molar-refractivity contribution is -0.145. The molecule has 0 spiro atoms. The summed E-state index contributed by atoms with van der Waals surface area (Å²) in [7, 11) is 1.34. The van der Waals surface area contributed by atoms with E-state index >= 15 is 0 Å². The molecule has 0 aliphatic heterocycles. The summed E-state index contributed by atoms with van der Waals surface area (Å²) in [5.74, 6) is -0.345. The highest BCUT2D eigenvalue weighted by Gasteiger charge is 2.01. The molecule has 0 aromatic heterocycles. The van der Waals surface area contributed by atoms with Gasteiger partial charge in [0.15, 0.2) is 0 Å². The lowest BCUT2D eigenvalue weighted by atomic mass is 10.6. The van der Waals surface area contributed by atoms with Gasteiger partial charge in [-0.3, -0.25) is 0 Å². The summed E-state index contributed by atoms with van der Waals surface area (Å²) in [5.41, 5.74) is 0. The summed E-state index contributed by atoms with van der Waals surface area (Å²) in [6.07, 6.45) is 0. The van der Waals surface area contributed by atoms with Gasteiger partial charge in [0.25, 0.3) is 0 Å². The Balaban J connectivity index is 3.58. The Kier molecular flexibility index (Phi) is 8.61. The minimum Gasteiger partial charge on any atom is -0.467 e. The summed E-state index contributed by atoms with van der Waals surface area (Å²) in [6, 6.07) is 0. The van der Waals surface area contributed by atoms with E-state index in [0.717, 1.165) is 5.17 Å². The molecule has 0 heterocycles. The second kappa shape index (κ2) is 7.74. The number of hydrogen-bond donors (Lipinski definition) is 0. The van der Waals surface area contributed by atoms with Gasteiger partial charge in [-0.05, 0) is 67.8 Å². The first-order valence-electron chi connectivity index (χ1n) is 2.92. The van der Waals surface area contributed by atoms with Gasteiger partial charge in [-0.1, -0.05) is 0 Å². The fourth-order valence-corrected chi connectivity index (χ4v) is 0.869. The zero-order valence-electron chi connectivity index (χ0n) is 6.27. The summed E-state index contributed by atoms with van der Waals surface area (Å²) in [5, 5.41) is 0. The number of carbonyl (C=O) groups is 1. The van der Waals surface area contributed by atoms with Crippen molar-refractivity contribution >= 4 is 73.7 Å². The molecule has 0 saturated heterocycles. The first kappa shape index (κ1) is 13.4. The molecule has 0 N–H and O–H groups in total. The minimum atomic E-state index is -0.345. The Morgan fingerprint density at radius 3 is 2.25 bits per heavy atom. The van der Waals surface area contributed by atoms with E-state index in [1.807, 2.05) is 0 Å². The van der Waals surface area contributed by atoms with E-state index in [1.54, 1.807) is 0 Å². The van der Waals surface area contributed by atoms with Crippen LogP contribution in [0.3, 0.4) is 0 Å². The molecule has 0 unspecified atom stereocenters. The first-order chi connectivity index (χ1) is 5.57. The molecule has 12 heavy (non-hydrogen) atoms. The quantitative estimate of drug-likeness (QED) is 0.434. The summed E-state index contributed by atoms with van der Waals surface area (Å²) in [6.45, 7) is 0.487. The van der Waals surface area contributed by atoms with Gasteiger partial charge < -0.3 is 9.47 Å². The molecular formula is C6H7I3O3. The Morgan fingerprint density at radius 2 is 1.83 bits per heavy atom. The third kappa shape index (κ3) is 6.83. The van der Waals surface area contributed by atoms with Crippen molar-refractivity contribution in [2.24, 2.45) is 0 Å². The first-order valence-corrected chi connectivity index (χ1v) is 6.15. The van der Waals surface area contributed by atoms with Crippen molar-refractivity contribution in [3.63, 3.8) is 0 Å². The number of carbonyl (C=O) groups excluding carboxylic acids is 1. The molecule has 0 rings (SSSR count). The predicted molar refractivity (Wildman–Crippen MR) is 71.9 cm³/mol. The normalized spacial score (nSPS) is 9.33. The van der Waals surface area contributed by atoms with Gasteiger partial charge in [-0.15, -0.1) is 0 Å². The molecule has 0 atom stereocenters. The molecule has 3 nitrogen and oxygen atoms in total. The zero-order chi connectivity index (χ0) is 9.56. The van der Waals surface area contributed by atoms with E-state index in [4.69, 9.17) is 4.74 Å². The van der Waals surface area contributed by atoms with Crippen molar-refractivity contribution in [3.05, 3.63) is 5.17 Å². The molecule has 0 aliphatic rings. The fourth-order valence-electron chi connectivity index (χ4n) is 0.337. The number of hydrogen-bond acceptors (Lipinski definition) is 3. The van der Waals surface area contributed by atoms with Crippen molar-refractivity contribution in [1.82, 2.24) is 0 Å². The monoisotopic (exact) mass is 508 g/mol. The molecule has 0 aromatic rings. The summed E-state index contributed by atoms with van der Waals surface area (Å²) >= 11 is 6.57. The van der Waals surface area contributed by atoms with E-state index in [9.17, 15) is 4.79 Å². The fraction of sp³-hybridized carbons (Fsp3) is 0.500. The number of esters is 1. The lowest BCUT2D eigenvalue weighted by Gasteiger charge is -2.01. The van der Waals surface area contributed by atoms with Crippen LogP contribution in [0.2, 0.25) is 0 Å². The van der Waals surface area contributed by atoms with Gasteiger partial charge in [-0.25, -0.2) is 4.79 Å². The van der Waals surface area contributed by atoms with Crippen LogP contribution >= 0.6 is 67.8 Å². The van der Waals surface area contributed by atoms with Gasteiger partial charge in [0.1, 0.15) is 6.61 Å². The second-order valence-electron chi connectivity index (χ2n) is 1.73. The number of methoxy groups -OCH3 is 1. The van der Waals surface area contributed by atoms with E-state index in [1.165, 1.54) is 7.11 Å². The van der Waals surface area contributed by atoms with E-state index in [-0.39, 0.29) is 12.6 Å². The molecule has 0 aromatic carbocycles. The van der Waals surface area contributed by atoms with Crippen LogP contribution in [-0.2, 0) is 14.3 Å². The highest BCUT2D eigenvalue weighted by atomic mass is 127. The summed E-state index contributed by atoms with van der Waals surface area (Å²) < 4.78 is 11.7. The van der Waals surface area contributed by atoms with Crippen molar-refractivity contribution in [3.8, 4) is 0 Å². The van der Waals surface area contributed by atoms with E-state index in [2.05, 4.69) is 72.5 Å². The maximum atomic E-state index is 10.6. The zero-order valence-corrected chi connectivity index (χ0v) is 12.7. The minimum absolute atomic E-state index is 0.0174. The molecule has 6 heteroatoms. The lowest BCUT2D eigenvalue weighted by Crippen LogP contribution is -2.10. The molecule has 0 amide bonds. The van der Waals surface area contributed by atoms with Gasteiger partial charge in [-0.2, -0.15) is 0 Å². The van der Waals surface area contributed by atoms with Crippen LogP contribution < -0.4 is 0 Å². The number of ether oxygens (including phenoxy) is 2. The Morgan fingerprint density at radius 1 is 1.25 bits per heavy atom. The van der Waals surface area contributed by atoms with Crippen LogP contribution in [0.15, 0.2) is 5.17 Å². The van der Waals surface area contributed by atoms with Crippen LogP contribution in [0.1, 0.15) is 0 Å². The van der Waals surface area contributed by atoms with Crippen molar-refractivity contribution in [2.75, 3.05) is 20.3 Å². The van der Waals surface area contributed by atoms with Gasteiger partial charge >= 0.3 is 5.97 Å². The van der Waals surface area contributed by atoms with Crippen LogP contribution in [0.5, 0.6) is 0 Å². The molecule has 0 radical (unpaired) electrons. The average molecular weight is 508 g/mol. The predicted octanol–water partition coefficient (Wildman–Crippen LogP) is 2.65. The standard InChI is InChI=1S/C6H7I3O3/c1-11-5(10)3-12-2-4(7)6(8)9/h2-3H2,1H3. The highest BCUT2D eigenvalue weighted by Crippen LogP contribution is 2.25. The van der Waals surface area contributed by atoms with Gasteiger partial charge in [0, 0.05) is 3.58 Å². The number of halogens is 3. The molecule has 0 aliphatic carbocycles. The van der Waals surface area contributed by atoms with Crippen molar-refractivity contribution < 1.29 is 14.3 Å². The topological polar surface area (TPSA) is 35.5 Å². The molecule has 0 saturated carbocycles. The van der Waals surface area contributed by atoms with Crippen LogP contribution in [0.4, 0.5) is 0 Å². The Labute approximate surface area is 112 Å². The van der Waals surface area contributed by atoms with E-state index in [0.29, 0.717) is 6.61 Å². The van der Waals surface area contributed by atoms with E-state index < -0.39 is 0 Å².